The minimum Gasteiger partial charge on any atom is -0.389 e. The van der Waals surface area contributed by atoms with Gasteiger partial charge in [-0.1, -0.05) is 13.8 Å². The second-order valence-electron chi connectivity index (χ2n) is 6.29. The summed E-state index contributed by atoms with van der Waals surface area (Å²) < 4.78 is 145. The minimum absolute atomic E-state index is 0.0473. The smallest absolute Gasteiger partial charge is 0.338 e. The molecule has 0 saturated heterocycles. The number of benzene rings is 2. The highest BCUT2D eigenvalue weighted by atomic mass is 28.4. The molecule has 0 bridgehead atoms. The third-order valence-electron chi connectivity index (χ3n) is 4.64. The first-order valence-corrected chi connectivity index (χ1v) is 10.9. The Morgan fingerprint density at radius 2 is 0.677 bits per heavy atom. The van der Waals surface area contributed by atoms with Gasteiger partial charge < -0.3 is 8.85 Å². The van der Waals surface area contributed by atoms with Crippen LogP contribution in [0.25, 0.3) is 0 Å². The van der Waals surface area contributed by atoms with E-state index >= 15 is 0 Å². The summed E-state index contributed by atoms with van der Waals surface area (Å²) >= 11 is 0. The Bertz CT molecular complexity index is 861. The van der Waals surface area contributed by atoms with E-state index in [9.17, 15) is 43.9 Å². The molecule has 0 aliphatic carbocycles. The number of hydrogen-bond acceptors (Lipinski definition) is 2. The van der Waals surface area contributed by atoms with Gasteiger partial charge in [-0.15, -0.1) is 0 Å². The van der Waals surface area contributed by atoms with Crippen LogP contribution in [0.4, 0.5) is 43.9 Å². The van der Waals surface area contributed by atoms with Crippen LogP contribution in [0, 0.1) is 58.2 Å². The van der Waals surface area contributed by atoms with Crippen molar-refractivity contribution in [3.8, 4) is 0 Å². The van der Waals surface area contributed by atoms with Gasteiger partial charge in [0.25, 0.3) is 0 Å². The van der Waals surface area contributed by atoms with Crippen molar-refractivity contribution in [1.82, 2.24) is 0 Å². The lowest BCUT2D eigenvalue weighted by Crippen LogP contribution is -2.41. The van der Waals surface area contributed by atoms with E-state index in [1.54, 1.807) is 0 Å². The molecule has 0 unspecified atom stereocenters. The normalized spacial score (nSPS) is 12.0. The highest BCUT2D eigenvalue weighted by Gasteiger charge is 2.37. The zero-order valence-corrected chi connectivity index (χ0v) is 16.9. The molecule has 2 rings (SSSR count). The molecule has 0 aromatic heterocycles. The van der Waals surface area contributed by atoms with Crippen LogP contribution in [-0.4, -0.2) is 8.56 Å². The van der Waals surface area contributed by atoms with Gasteiger partial charge in [0.1, 0.15) is 0 Å². The summed E-state index contributed by atoms with van der Waals surface area (Å²) in [5.74, 6) is -22.0. The van der Waals surface area contributed by atoms with Crippen molar-refractivity contribution in [3.63, 3.8) is 0 Å². The van der Waals surface area contributed by atoms with Crippen LogP contribution in [0.1, 0.15) is 25.0 Å². The molecule has 172 valence electrons. The molecule has 0 saturated carbocycles. The number of rotatable bonds is 8. The van der Waals surface area contributed by atoms with Crippen molar-refractivity contribution in [2.45, 2.75) is 39.1 Å². The summed E-state index contributed by atoms with van der Waals surface area (Å²) in [6.07, 6.45) is 0. The van der Waals surface area contributed by atoms with Crippen molar-refractivity contribution in [2.24, 2.45) is 0 Å². The minimum atomic E-state index is -3.64. The van der Waals surface area contributed by atoms with Crippen molar-refractivity contribution in [1.29, 1.82) is 0 Å². The molecule has 0 aliphatic heterocycles. The van der Waals surface area contributed by atoms with E-state index in [0.29, 0.717) is 0 Å². The van der Waals surface area contributed by atoms with Crippen molar-refractivity contribution >= 4 is 8.56 Å². The lowest BCUT2D eigenvalue weighted by Gasteiger charge is -2.29. The van der Waals surface area contributed by atoms with Gasteiger partial charge in [-0.3, -0.25) is 0 Å². The van der Waals surface area contributed by atoms with Gasteiger partial charge in [0.2, 0.25) is 11.6 Å². The molecule has 0 spiro atoms. The van der Waals surface area contributed by atoms with Crippen molar-refractivity contribution in [3.05, 3.63) is 69.3 Å². The maximum atomic E-state index is 13.8. The molecule has 0 heterocycles. The topological polar surface area (TPSA) is 18.5 Å². The zero-order valence-electron chi connectivity index (χ0n) is 15.9. The predicted octanol–water partition coefficient (Wildman–Crippen LogP) is 6.29. The Kier molecular flexibility index (Phi) is 7.76. The zero-order chi connectivity index (χ0) is 23.7. The van der Waals surface area contributed by atoms with Crippen LogP contribution in [0.2, 0.25) is 12.1 Å². The van der Waals surface area contributed by atoms with Crippen molar-refractivity contribution < 1.29 is 52.8 Å². The summed E-state index contributed by atoms with van der Waals surface area (Å²) in [4.78, 5) is 0. The lowest BCUT2D eigenvalue weighted by atomic mass is 10.2. The van der Waals surface area contributed by atoms with Gasteiger partial charge in [0.15, 0.2) is 46.5 Å². The molecule has 2 aromatic carbocycles. The van der Waals surface area contributed by atoms with Gasteiger partial charge in [-0.05, 0) is 12.1 Å². The largest absolute Gasteiger partial charge is 0.389 e. The van der Waals surface area contributed by atoms with Crippen LogP contribution in [0.3, 0.4) is 0 Å². The third-order valence-corrected chi connectivity index (χ3v) is 8.13. The summed E-state index contributed by atoms with van der Waals surface area (Å²) in [6.45, 7) is 0.590. The molecule has 31 heavy (non-hydrogen) atoms. The van der Waals surface area contributed by atoms with E-state index in [2.05, 4.69) is 0 Å². The standard InChI is InChI=1S/C18H14F10O2Si/c1-3-31(4-2,29-5-7-9(19)13(23)17(27)14(24)10(7)20)30-6-8-11(21)15(25)18(28)16(26)12(8)22/h3-6H2,1-2H3. The first-order valence-electron chi connectivity index (χ1n) is 8.70. The molecular formula is C18H14F10O2Si. The van der Waals surface area contributed by atoms with E-state index in [1.807, 2.05) is 0 Å². The van der Waals surface area contributed by atoms with Gasteiger partial charge >= 0.3 is 8.56 Å². The van der Waals surface area contributed by atoms with Crippen LogP contribution in [0.15, 0.2) is 0 Å². The molecular weight excluding hydrogens is 466 g/mol. The fourth-order valence-corrected chi connectivity index (χ4v) is 4.88. The monoisotopic (exact) mass is 480 g/mol. The Labute approximate surface area is 170 Å². The van der Waals surface area contributed by atoms with Gasteiger partial charge in [0.05, 0.1) is 24.3 Å². The maximum absolute atomic E-state index is 13.8. The Balaban J connectivity index is 2.32. The average Bonchev–Trinajstić information content (AvgIpc) is 2.77. The molecule has 0 amide bonds. The molecule has 0 atom stereocenters. The summed E-state index contributed by atoms with van der Waals surface area (Å²) in [7, 11) is -3.64. The first-order chi connectivity index (χ1) is 14.4. The fourth-order valence-electron chi connectivity index (χ4n) is 2.66. The summed E-state index contributed by atoms with van der Waals surface area (Å²) in [5.41, 5.74) is -2.59. The van der Waals surface area contributed by atoms with E-state index in [-0.39, 0.29) is 12.1 Å². The number of hydrogen-bond donors (Lipinski definition) is 0. The van der Waals surface area contributed by atoms with Crippen LogP contribution in [-0.2, 0) is 22.1 Å². The predicted molar refractivity (Wildman–Crippen MR) is 88.8 cm³/mol. The fraction of sp³-hybridized carbons (Fsp3) is 0.333. The number of halogens is 10. The molecule has 13 heteroatoms. The van der Waals surface area contributed by atoms with Gasteiger partial charge in [-0.2, -0.15) is 0 Å². The molecule has 0 N–H and O–H groups in total. The quantitative estimate of drug-likeness (QED) is 0.191. The molecule has 0 aliphatic rings. The molecule has 2 aromatic rings. The van der Waals surface area contributed by atoms with E-state index in [1.165, 1.54) is 13.8 Å². The Morgan fingerprint density at radius 1 is 0.452 bits per heavy atom. The Morgan fingerprint density at radius 3 is 0.903 bits per heavy atom. The highest BCUT2D eigenvalue weighted by Crippen LogP contribution is 2.29. The summed E-state index contributed by atoms with van der Waals surface area (Å²) in [6, 6.07) is -0.0947. The van der Waals surface area contributed by atoms with Gasteiger partial charge in [0, 0.05) is 0 Å². The van der Waals surface area contributed by atoms with Gasteiger partial charge in [-0.25, -0.2) is 43.9 Å². The van der Waals surface area contributed by atoms with Crippen LogP contribution >= 0.6 is 0 Å². The van der Waals surface area contributed by atoms with E-state index in [4.69, 9.17) is 8.85 Å². The lowest BCUT2D eigenvalue weighted by molar-refractivity contribution is 0.145. The molecule has 2 nitrogen and oxygen atoms in total. The highest BCUT2D eigenvalue weighted by molar-refractivity contribution is 6.67. The summed E-state index contributed by atoms with van der Waals surface area (Å²) in [5, 5.41) is 0. The maximum Gasteiger partial charge on any atom is 0.338 e. The van der Waals surface area contributed by atoms with E-state index in [0.717, 1.165) is 0 Å². The third kappa shape index (κ3) is 4.57. The van der Waals surface area contributed by atoms with E-state index < -0.39 is 91.1 Å². The first kappa shape index (κ1) is 25.1. The van der Waals surface area contributed by atoms with Crippen LogP contribution < -0.4 is 0 Å². The molecule has 0 radical (unpaired) electrons. The second-order valence-corrected chi connectivity index (χ2v) is 10.1. The van der Waals surface area contributed by atoms with Crippen molar-refractivity contribution in [2.75, 3.05) is 0 Å². The second kappa shape index (κ2) is 9.57. The Hall–Kier alpha value is -2.12. The molecule has 0 fully saturated rings. The SMILES string of the molecule is CC[Si](CC)(OCc1c(F)c(F)c(F)c(F)c1F)OCc1c(F)c(F)c(F)c(F)c1F. The average molecular weight is 480 g/mol. The van der Waals surface area contributed by atoms with Crippen LogP contribution in [0.5, 0.6) is 0 Å².